The van der Waals surface area contributed by atoms with E-state index in [1.807, 2.05) is 6.92 Å². The SMILES string of the molecule is CC1(C)C(=O)[C@]2(O)C[C@@]34O[C@]2(O)[C@]2(COC(=O)C[C@@H]12)[C@H]3CC[C@]1(C)[C@H]4CC(=O)O[C@H]1c1ccoc1. The zero-order valence-electron chi connectivity index (χ0n) is 20.0. The van der Waals surface area contributed by atoms with Crippen molar-refractivity contribution in [1.29, 1.82) is 0 Å². The minimum atomic E-state index is -2.21. The van der Waals surface area contributed by atoms with E-state index < -0.39 is 68.9 Å². The van der Waals surface area contributed by atoms with Crippen molar-refractivity contribution in [3.8, 4) is 0 Å². The second kappa shape index (κ2) is 6.01. The lowest BCUT2D eigenvalue weighted by Gasteiger charge is -2.67. The summed E-state index contributed by atoms with van der Waals surface area (Å²) in [5.41, 5.74) is -5.37. The lowest BCUT2D eigenvalue weighted by molar-refractivity contribution is -0.338. The van der Waals surface area contributed by atoms with Gasteiger partial charge >= 0.3 is 11.9 Å². The van der Waals surface area contributed by atoms with E-state index in [4.69, 9.17) is 18.6 Å². The number of cyclic esters (lactones) is 2. The van der Waals surface area contributed by atoms with Gasteiger partial charge in [0.1, 0.15) is 12.7 Å². The molecule has 1 aromatic rings. The maximum absolute atomic E-state index is 13.9. The molecule has 2 bridgehead atoms. The number of furan rings is 1. The maximum Gasteiger partial charge on any atom is 0.306 e. The van der Waals surface area contributed by atoms with E-state index in [0.29, 0.717) is 12.8 Å². The van der Waals surface area contributed by atoms with Crippen LogP contribution in [0.1, 0.15) is 64.5 Å². The molecule has 2 saturated carbocycles. The van der Waals surface area contributed by atoms with Crippen LogP contribution in [0.15, 0.2) is 23.0 Å². The molecule has 6 fully saturated rings. The monoisotopic (exact) mass is 486 g/mol. The first-order chi connectivity index (χ1) is 16.4. The zero-order chi connectivity index (χ0) is 24.8. The summed E-state index contributed by atoms with van der Waals surface area (Å²) in [6.45, 7) is 5.41. The van der Waals surface area contributed by atoms with Crippen LogP contribution in [0.3, 0.4) is 0 Å². The molecule has 0 amide bonds. The first kappa shape index (κ1) is 22.0. The average molecular weight is 487 g/mol. The molecule has 2 N–H and O–H groups in total. The third-order valence-electron chi connectivity index (χ3n) is 11.0. The van der Waals surface area contributed by atoms with Crippen LogP contribution in [-0.2, 0) is 28.6 Å². The van der Waals surface area contributed by atoms with Crippen LogP contribution in [0.2, 0.25) is 0 Å². The predicted molar refractivity (Wildman–Crippen MR) is 115 cm³/mol. The van der Waals surface area contributed by atoms with Gasteiger partial charge in [0.15, 0.2) is 11.4 Å². The van der Waals surface area contributed by atoms with Crippen molar-refractivity contribution in [3.63, 3.8) is 0 Å². The summed E-state index contributed by atoms with van der Waals surface area (Å²) in [4.78, 5) is 39.3. The molecule has 7 rings (SSSR count). The van der Waals surface area contributed by atoms with Crippen LogP contribution in [-0.4, -0.2) is 51.5 Å². The summed E-state index contributed by atoms with van der Waals surface area (Å²) in [6, 6.07) is 1.78. The molecule has 2 aliphatic carbocycles. The largest absolute Gasteiger partial charge is 0.472 e. The summed E-state index contributed by atoms with van der Waals surface area (Å²) in [7, 11) is 0. The molecule has 4 aliphatic heterocycles. The zero-order valence-corrected chi connectivity index (χ0v) is 20.0. The van der Waals surface area contributed by atoms with Gasteiger partial charge < -0.3 is 28.8 Å². The van der Waals surface area contributed by atoms with Crippen molar-refractivity contribution in [2.45, 2.75) is 76.0 Å². The number of hydrogen-bond donors (Lipinski definition) is 2. The Morgan fingerprint density at radius 1 is 1.00 bits per heavy atom. The second-order valence-electron chi connectivity index (χ2n) is 12.5. The van der Waals surface area contributed by atoms with Gasteiger partial charge in [0.05, 0.1) is 36.4 Å². The summed E-state index contributed by atoms with van der Waals surface area (Å²) < 4.78 is 23.3. The number of ether oxygens (including phenoxy) is 3. The van der Waals surface area contributed by atoms with Crippen molar-refractivity contribution in [1.82, 2.24) is 0 Å². The molecule has 35 heavy (non-hydrogen) atoms. The van der Waals surface area contributed by atoms with Crippen molar-refractivity contribution in [2.24, 2.45) is 34.0 Å². The molecule has 6 aliphatic rings. The van der Waals surface area contributed by atoms with Crippen molar-refractivity contribution in [2.75, 3.05) is 6.61 Å². The van der Waals surface area contributed by atoms with E-state index in [1.54, 1.807) is 26.2 Å². The van der Waals surface area contributed by atoms with Gasteiger partial charge in [-0.25, -0.2) is 0 Å². The number of ketones is 1. The number of esters is 2. The summed E-state index contributed by atoms with van der Waals surface area (Å²) >= 11 is 0. The molecule has 0 unspecified atom stereocenters. The lowest BCUT2D eigenvalue weighted by atomic mass is 9.35. The van der Waals surface area contributed by atoms with Crippen molar-refractivity contribution >= 4 is 17.7 Å². The molecule has 1 aromatic heterocycles. The highest BCUT2D eigenvalue weighted by Crippen LogP contribution is 2.81. The van der Waals surface area contributed by atoms with E-state index in [1.165, 1.54) is 6.26 Å². The third kappa shape index (κ3) is 2.06. The van der Waals surface area contributed by atoms with Gasteiger partial charge in [0, 0.05) is 34.7 Å². The van der Waals surface area contributed by atoms with Gasteiger partial charge in [-0.1, -0.05) is 20.8 Å². The number of aliphatic hydroxyl groups is 2. The van der Waals surface area contributed by atoms with Crippen molar-refractivity contribution in [3.05, 3.63) is 24.2 Å². The standard InChI is InChI=1S/C26H30O9/c1-21(2)15-8-17(27)33-12-23(15)14-4-6-22(3)16(9-18(28)34-19(22)13-5-7-32-10-13)24(14)11-25(30,20(21)29)26(23,31)35-24/h5,7,10,14-16,19,30-31H,4,6,8-9,11-12H2,1-3H3/t14-,15+,16-,19+,22-,23-,24-,25-,26-/m1/s1. The van der Waals surface area contributed by atoms with Gasteiger partial charge in [0.25, 0.3) is 0 Å². The second-order valence-corrected chi connectivity index (χ2v) is 12.5. The summed E-state index contributed by atoms with van der Waals surface area (Å²) in [5, 5.41) is 24.3. The first-order valence-corrected chi connectivity index (χ1v) is 12.4. The van der Waals surface area contributed by atoms with Crippen LogP contribution >= 0.6 is 0 Å². The van der Waals surface area contributed by atoms with E-state index in [9.17, 15) is 24.6 Å². The highest BCUT2D eigenvalue weighted by molar-refractivity contribution is 5.96. The Bertz CT molecular complexity index is 1170. The lowest BCUT2D eigenvalue weighted by Crippen LogP contribution is -2.81. The van der Waals surface area contributed by atoms with Crippen LogP contribution in [0, 0.1) is 34.0 Å². The van der Waals surface area contributed by atoms with Gasteiger partial charge in [-0.2, -0.15) is 0 Å². The van der Waals surface area contributed by atoms with Gasteiger partial charge in [-0.05, 0) is 24.8 Å². The Balaban J connectivity index is 1.44. The molecule has 5 heterocycles. The maximum atomic E-state index is 13.9. The minimum Gasteiger partial charge on any atom is -0.472 e. The number of carbonyl (C=O) groups excluding carboxylic acids is 3. The van der Waals surface area contributed by atoms with Gasteiger partial charge in [-0.3, -0.25) is 14.4 Å². The normalized spacial score (nSPS) is 53.3. The Hall–Kier alpha value is -2.23. The number of Topliss-reactive ketones (excluding diaryl/α,β-unsaturated/α-hetero) is 1. The van der Waals surface area contributed by atoms with Crippen molar-refractivity contribution < 1.29 is 43.2 Å². The molecular weight excluding hydrogens is 456 g/mol. The molecule has 9 heteroatoms. The van der Waals surface area contributed by atoms with Gasteiger partial charge in [0.2, 0.25) is 5.79 Å². The number of carbonyl (C=O) groups is 3. The highest BCUT2D eigenvalue weighted by Gasteiger charge is 2.93. The molecule has 4 saturated heterocycles. The van der Waals surface area contributed by atoms with E-state index >= 15 is 0 Å². The summed E-state index contributed by atoms with van der Waals surface area (Å²) in [5.74, 6) is -4.84. The Kier molecular flexibility index (Phi) is 3.78. The Labute approximate surface area is 202 Å². The molecular formula is C26H30O9. The number of rotatable bonds is 1. The quantitative estimate of drug-likeness (QED) is 0.572. The van der Waals surface area contributed by atoms with Crippen LogP contribution in [0.5, 0.6) is 0 Å². The number of hydrogen-bond acceptors (Lipinski definition) is 9. The minimum absolute atomic E-state index is 0.0330. The smallest absolute Gasteiger partial charge is 0.306 e. The van der Waals surface area contributed by atoms with Crippen LogP contribution < -0.4 is 0 Å². The third-order valence-corrected chi connectivity index (χ3v) is 11.0. The Morgan fingerprint density at radius 3 is 2.46 bits per heavy atom. The van der Waals surface area contributed by atoms with E-state index in [0.717, 1.165) is 5.56 Å². The van der Waals surface area contributed by atoms with Crippen LogP contribution in [0.4, 0.5) is 0 Å². The van der Waals surface area contributed by atoms with Crippen LogP contribution in [0.25, 0.3) is 0 Å². The fraction of sp³-hybridized carbons (Fsp3) is 0.731. The number of fused-ring (bicyclic) bond motifs is 1. The average Bonchev–Trinajstić information content (AvgIpc) is 3.46. The van der Waals surface area contributed by atoms with E-state index in [-0.39, 0.29) is 31.8 Å². The highest BCUT2D eigenvalue weighted by atomic mass is 16.7. The molecule has 0 radical (unpaired) electrons. The van der Waals surface area contributed by atoms with E-state index in [2.05, 4.69) is 0 Å². The predicted octanol–water partition coefficient (Wildman–Crippen LogP) is 2.05. The molecule has 9 nitrogen and oxygen atoms in total. The molecule has 188 valence electrons. The first-order valence-electron chi connectivity index (χ1n) is 12.4. The molecule has 9 atom stereocenters. The van der Waals surface area contributed by atoms with Gasteiger partial charge in [-0.15, -0.1) is 0 Å². The molecule has 2 spiro atoms. The summed E-state index contributed by atoms with van der Waals surface area (Å²) in [6.07, 6.45) is 3.71. The Morgan fingerprint density at radius 2 is 1.74 bits per heavy atom. The fourth-order valence-electron chi connectivity index (χ4n) is 9.67. The fourth-order valence-corrected chi connectivity index (χ4v) is 9.67. The topological polar surface area (TPSA) is 132 Å². The molecule has 0 aromatic carbocycles.